The number of hydrogen-bond donors (Lipinski definition) is 1. The average Bonchev–Trinajstić information content (AvgIpc) is 2.62. The van der Waals surface area contributed by atoms with Crippen molar-refractivity contribution in [2.45, 2.75) is 19.1 Å². The van der Waals surface area contributed by atoms with Crippen LogP contribution < -0.4 is 5.32 Å². The highest BCUT2D eigenvalue weighted by Gasteiger charge is 2.35. The number of quaternary nitrogens is 1. The number of nitro benzene ring substituents is 1. The van der Waals surface area contributed by atoms with Crippen LogP contribution in [0.25, 0.3) is 0 Å². The number of likely N-dealkylation sites (N-methyl/N-ethyl adjacent to an activating group) is 1. The molecule has 0 saturated carbocycles. The Bertz CT molecular complexity index is 759. The summed E-state index contributed by atoms with van der Waals surface area (Å²) in [6.07, 6.45) is -0.851. The number of nitrogens with zero attached hydrogens (tertiary/aromatic N) is 1. The number of carbonyl (C=O) groups excluding carboxylic acids is 2. The van der Waals surface area contributed by atoms with Crippen molar-refractivity contribution in [1.29, 1.82) is 0 Å². The lowest BCUT2D eigenvalue weighted by atomic mass is 9.94. The van der Waals surface area contributed by atoms with Crippen LogP contribution in [0.3, 0.4) is 0 Å². The number of benzene rings is 2. The van der Waals surface area contributed by atoms with E-state index in [9.17, 15) is 19.7 Å². The number of rotatable bonds is 7. The molecule has 2 aromatic carbocycles. The molecule has 0 amide bonds. The summed E-state index contributed by atoms with van der Waals surface area (Å²) in [7, 11) is 1.72. The van der Waals surface area contributed by atoms with Crippen molar-refractivity contribution in [1.82, 2.24) is 0 Å². The third-order valence-corrected chi connectivity index (χ3v) is 3.77. The minimum Gasteiger partial charge on any atom is -0.451 e. The van der Waals surface area contributed by atoms with Gasteiger partial charge in [0.25, 0.3) is 5.69 Å². The molecule has 0 aliphatic carbocycles. The van der Waals surface area contributed by atoms with E-state index in [0.29, 0.717) is 11.1 Å². The van der Waals surface area contributed by atoms with Crippen molar-refractivity contribution < 1.29 is 24.6 Å². The second kappa shape index (κ2) is 8.16. The van der Waals surface area contributed by atoms with Crippen molar-refractivity contribution in [3.63, 3.8) is 0 Å². The minimum absolute atomic E-state index is 0.0725. The van der Waals surface area contributed by atoms with Gasteiger partial charge in [-0.05, 0) is 17.7 Å². The van der Waals surface area contributed by atoms with Crippen molar-refractivity contribution in [3.05, 3.63) is 75.8 Å². The fourth-order valence-corrected chi connectivity index (χ4v) is 2.57. The Morgan fingerprint density at radius 1 is 1.08 bits per heavy atom. The standard InChI is InChI=1S/C18H18N2O5/c1-12(21)25-18(14-8-10-15(11-9-14)20(23)24)16(19-2)17(22)13-6-4-3-5-7-13/h3-11,16,18-19H,1-2H3/p+1/t16-,18-/m0/s1. The summed E-state index contributed by atoms with van der Waals surface area (Å²) in [6.45, 7) is 1.26. The minimum atomic E-state index is -0.851. The summed E-state index contributed by atoms with van der Waals surface area (Å²) in [5, 5.41) is 12.5. The summed E-state index contributed by atoms with van der Waals surface area (Å²) in [4.78, 5) is 34.6. The molecule has 25 heavy (non-hydrogen) atoms. The third kappa shape index (κ3) is 4.48. The van der Waals surface area contributed by atoms with Crippen LogP contribution in [0, 0.1) is 10.1 Å². The monoisotopic (exact) mass is 343 g/mol. The second-order valence-electron chi connectivity index (χ2n) is 5.47. The van der Waals surface area contributed by atoms with Gasteiger partial charge in [-0.3, -0.25) is 19.7 Å². The average molecular weight is 343 g/mol. The topological polar surface area (TPSA) is 103 Å². The zero-order chi connectivity index (χ0) is 18.4. The lowest BCUT2D eigenvalue weighted by molar-refractivity contribution is -0.657. The molecule has 0 unspecified atom stereocenters. The molecule has 7 nitrogen and oxygen atoms in total. The highest BCUT2D eigenvalue weighted by atomic mass is 16.6. The van der Waals surface area contributed by atoms with Crippen LogP contribution in [0.5, 0.6) is 0 Å². The highest BCUT2D eigenvalue weighted by molar-refractivity contribution is 5.99. The van der Waals surface area contributed by atoms with Crippen LogP contribution in [-0.2, 0) is 9.53 Å². The highest BCUT2D eigenvalue weighted by Crippen LogP contribution is 2.24. The molecule has 0 radical (unpaired) electrons. The molecule has 2 N–H and O–H groups in total. The Hall–Kier alpha value is -3.06. The molecular weight excluding hydrogens is 324 g/mol. The van der Waals surface area contributed by atoms with Crippen LogP contribution in [-0.4, -0.2) is 29.8 Å². The Kier molecular flexibility index (Phi) is 5.97. The first-order chi connectivity index (χ1) is 11.9. The first-order valence-electron chi connectivity index (χ1n) is 7.74. The van der Waals surface area contributed by atoms with E-state index in [1.165, 1.54) is 31.2 Å². The van der Waals surface area contributed by atoms with E-state index >= 15 is 0 Å². The molecule has 130 valence electrons. The summed E-state index contributed by atoms with van der Waals surface area (Å²) >= 11 is 0. The number of hydrogen-bond acceptors (Lipinski definition) is 5. The summed E-state index contributed by atoms with van der Waals surface area (Å²) < 4.78 is 5.37. The van der Waals surface area contributed by atoms with Gasteiger partial charge in [-0.1, -0.05) is 30.3 Å². The van der Waals surface area contributed by atoms with Gasteiger partial charge in [0.05, 0.1) is 12.0 Å². The van der Waals surface area contributed by atoms with E-state index in [1.54, 1.807) is 42.7 Å². The maximum absolute atomic E-state index is 12.8. The van der Waals surface area contributed by atoms with E-state index in [2.05, 4.69) is 0 Å². The molecule has 0 saturated heterocycles. The smallest absolute Gasteiger partial charge is 0.303 e. The largest absolute Gasteiger partial charge is 0.451 e. The predicted molar refractivity (Wildman–Crippen MR) is 90.0 cm³/mol. The van der Waals surface area contributed by atoms with Gasteiger partial charge < -0.3 is 10.1 Å². The number of ketones is 1. The lowest BCUT2D eigenvalue weighted by Crippen LogP contribution is -2.89. The number of carbonyl (C=O) groups is 2. The Labute approximate surface area is 144 Å². The van der Waals surface area contributed by atoms with E-state index in [-0.39, 0.29) is 11.5 Å². The molecular formula is C18H19N2O5+. The van der Waals surface area contributed by atoms with Gasteiger partial charge in [-0.25, -0.2) is 0 Å². The Morgan fingerprint density at radius 2 is 1.68 bits per heavy atom. The zero-order valence-corrected chi connectivity index (χ0v) is 13.9. The molecule has 2 aromatic rings. The SMILES string of the molecule is C[NH2+][C@@H](C(=O)c1ccccc1)[C@@H](OC(C)=O)c1ccc([N+](=O)[O-])cc1. The van der Waals surface area contributed by atoms with Crippen molar-refractivity contribution in [2.75, 3.05) is 7.05 Å². The molecule has 0 fully saturated rings. The van der Waals surface area contributed by atoms with Gasteiger partial charge in [0.15, 0.2) is 12.1 Å². The molecule has 0 aliphatic rings. The summed E-state index contributed by atoms with van der Waals surface area (Å²) in [5.74, 6) is -0.719. The quantitative estimate of drug-likeness (QED) is 0.356. The number of non-ortho nitro benzene ring substituents is 1. The lowest BCUT2D eigenvalue weighted by Gasteiger charge is -2.23. The number of nitrogens with two attached hydrogens (primary N) is 1. The van der Waals surface area contributed by atoms with Gasteiger partial charge in [0, 0.05) is 24.6 Å². The van der Waals surface area contributed by atoms with Crippen LogP contribution >= 0.6 is 0 Å². The molecule has 0 aliphatic heterocycles. The van der Waals surface area contributed by atoms with Gasteiger partial charge in [0.1, 0.15) is 0 Å². The van der Waals surface area contributed by atoms with E-state index < -0.39 is 23.0 Å². The summed E-state index contributed by atoms with van der Waals surface area (Å²) in [6, 6.07) is 13.7. The van der Waals surface area contributed by atoms with Gasteiger partial charge in [0.2, 0.25) is 5.78 Å². The maximum Gasteiger partial charge on any atom is 0.303 e. The predicted octanol–water partition coefficient (Wildman–Crippen LogP) is 1.64. The van der Waals surface area contributed by atoms with Crippen LogP contribution in [0.1, 0.15) is 28.9 Å². The van der Waals surface area contributed by atoms with Gasteiger partial charge in [-0.15, -0.1) is 0 Å². The first-order valence-corrected chi connectivity index (χ1v) is 7.74. The number of ether oxygens (including phenoxy) is 1. The van der Waals surface area contributed by atoms with Crippen molar-refractivity contribution in [3.8, 4) is 0 Å². The number of esters is 1. The molecule has 2 rings (SSSR count). The fraction of sp³-hybridized carbons (Fsp3) is 0.222. The van der Waals surface area contributed by atoms with Crippen molar-refractivity contribution in [2.24, 2.45) is 0 Å². The van der Waals surface area contributed by atoms with E-state index in [4.69, 9.17) is 4.74 Å². The fourth-order valence-electron chi connectivity index (χ4n) is 2.57. The second-order valence-corrected chi connectivity index (χ2v) is 5.47. The molecule has 2 atom stereocenters. The van der Waals surface area contributed by atoms with Crippen LogP contribution in [0.2, 0.25) is 0 Å². The van der Waals surface area contributed by atoms with Crippen LogP contribution in [0.4, 0.5) is 5.69 Å². The zero-order valence-electron chi connectivity index (χ0n) is 13.9. The Morgan fingerprint density at radius 3 is 2.16 bits per heavy atom. The number of nitro groups is 1. The van der Waals surface area contributed by atoms with Gasteiger partial charge in [-0.2, -0.15) is 0 Å². The molecule has 7 heteroatoms. The summed E-state index contributed by atoms with van der Waals surface area (Å²) in [5.41, 5.74) is 0.953. The Balaban J connectivity index is 2.38. The molecule has 0 aromatic heterocycles. The van der Waals surface area contributed by atoms with Gasteiger partial charge >= 0.3 is 5.97 Å². The van der Waals surface area contributed by atoms with E-state index in [0.717, 1.165) is 0 Å². The molecule has 0 bridgehead atoms. The first kappa shape index (κ1) is 18.3. The van der Waals surface area contributed by atoms with Crippen molar-refractivity contribution >= 4 is 17.4 Å². The maximum atomic E-state index is 12.8. The third-order valence-electron chi connectivity index (χ3n) is 3.77. The molecule has 0 heterocycles. The van der Waals surface area contributed by atoms with E-state index in [1.807, 2.05) is 0 Å². The van der Waals surface area contributed by atoms with Crippen LogP contribution in [0.15, 0.2) is 54.6 Å². The normalized spacial score (nSPS) is 12.9. The number of Topliss-reactive ketones (excluding diaryl/α,β-unsaturated/α-hetero) is 1. The molecule has 0 spiro atoms.